The van der Waals surface area contributed by atoms with Crippen molar-refractivity contribution in [3.63, 3.8) is 0 Å². The Hall–Kier alpha value is -1.76. The summed E-state index contributed by atoms with van der Waals surface area (Å²) in [5.41, 5.74) is 7.19. The molecule has 0 saturated carbocycles. The Balaban J connectivity index is 1.92. The first-order valence-corrected chi connectivity index (χ1v) is 5.23. The van der Waals surface area contributed by atoms with Crippen LogP contribution in [-0.4, -0.2) is 17.8 Å². The number of nitrogen functional groups attached to an aromatic ring is 1. The Kier molecular flexibility index (Phi) is 3.42. The monoisotopic (exact) mass is 260 g/mol. The minimum absolute atomic E-state index is 0.0926. The number of halogens is 3. The maximum absolute atomic E-state index is 11.9. The van der Waals surface area contributed by atoms with Gasteiger partial charge < -0.3 is 14.9 Å². The molecule has 0 radical (unpaired) electrons. The molecule has 0 bridgehead atoms. The highest BCUT2D eigenvalue weighted by Gasteiger charge is 2.26. The zero-order valence-electron chi connectivity index (χ0n) is 9.33. The van der Waals surface area contributed by atoms with Gasteiger partial charge in [0.05, 0.1) is 13.0 Å². The molecule has 2 aromatic rings. The summed E-state index contributed by atoms with van der Waals surface area (Å²) >= 11 is 0. The molecule has 2 rings (SSSR count). The lowest BCUT2D eigenvalue weighted by Crippen LogP contribution is -2.11. The molecule has 2 N–H and O–H groups in total. The van der Waals surface area contributed by atoms with Crippen molar-refractivity contribution in [2.75, 3.05) is 12.3 Å². The van der Waals surface area contributed by atoms with Crippen LogP contribution in [0.4, 0.5) is 18.9 Å². The summed E-state index contributed by atoms with van der Waals surface area (Å²) in [5.74, 6) is 0.234. The lowest BCUT2D eigenvalue weighted by Gasteiger charge is -2.05. The molecule has 0 aliphatic heterocycles. The molecule has 0 aliphatic rings. The van der Waals surface area contributed by atoms with Gasteiger partial charge in [0, 0.05) is 5.69 Å². The second-order valence-corrected chi connectivity index (χ2v) is 3.75. The van der Waals surface area contributed by atoms with Crippen molar-refractivity contribution in [2.24, 2.45) is 0 Å². The lowest BCUT2D eigenvalue weighted by molar-refractivity contribution is -0.146. The van der Waals surface area contributed by atoms with Crippen molar-refractivity contribution < 1.29 is 22.3 Å². The van der Waals surface area contributed by atoms with Crippen molar-refractivity contribution in [1.82, 2.24) is 4.98 Å². The zero-order chi connectivity index (χ0) is 13.2. The third kappa shape index (κ3) is 3.36. The number of oxazole rings is 1. The minimum atomic E-state index is -4.21. The summed E-state index contributed by atoms with van der Waals surface area (Å²) in [6.45, 7) is -0.505. The Morgan fingerprint density at radius 2 is 2.11 bits per heavy atom. The van der Waals surface area contributed by atoms with E-state index in [0.717, 1.165) is 0 Å². The van der Waals surface area contributed by atoms with Crippen LogP contribution in [0.5, 0.6) is 0 Å². The topological polar surface area (TPSA) is 61.3 Å². The van der Waals surface area contributed by atoms with E-state index in [4.69, 9.17) is 14.9 Å². The number of rotatable bonds is 4. The van der Waals surface area contributed by atoms with Gasteiger partial charge in [-0.3, -0.25) is 0 Å². The average molecular weight is 260 g/mol. The molecule has 0 amide bonds. The molecular formula is C11H11F3N2O2. The number of nitrogens with two attached hydrogens (primary N) is 1. The highest BCUT2D eigenvalue weighted by molar-refractivity contribution is 5.76. The van der Waals surface area contributed by atoms with E-state index >= 15 is 0 Å². The second kappa shape index (κ2) is 4.85. The number of fused-ring (bicyclic) bond motifs is 1. The number of nitrogens with zero attached hydrogens (tertiary/aromatic N) is 1. The molecule has 98 valence electrons. The van der Waals surface area contributed by atoms with E-state index < -0.39 is 19.2 Å². The number of ether oxygens (including phenoxy) is 1. The van der Waals surface area contributed by atoms with Crippen molar-refractivity contribution in [3.05, 3.63) is 24.1 Å². The van der Waals surface area contributed by atoms with E-state index in [9.17, 15) is 13.2 Å². The Morgan fingerprint density at radius 1 is 1.33 bits per heavy atom. The van der Waals surface area contributed by atoms with Crippen LogP contribution in [0.2, 0.25) is 0 Å². The number of anilines is 1. The molecule has 4 nitrogen and oxygen atoms in total. The number of hydrogen-bond acceptors (Lipinski definition) is 4. The van der Waals surface area contributed by atoms with Crippen molar-refractivity contribution in [1.29, 1.82) is 0 Å². The summed E-state index contributed by atoms with van der Waals surface area (Å²) < 4.78 is 45.7. The molecule has 0 aliphatic carbocycles. The SMILES string of the molecule is Nc1ccc2oc(COCCC(F)(F)F)nc2c1. The van der Waals surface area contributed by atoms with Crippen LogP contribution in [0.15, 0.2) is 22.6 Å². The highest BCUT2D eigenvalue weighted by Crippen LogP contribution is 2.21. The molecule has 0 saturated heterocycles. The van der Waals surface area contributed by atoms with Gasteiger partial charge in [-0.05, 0) is 18.2 Å². The summed E-state index contributed by atoms with van der Waals surface area (Å²) in [4.78, 5) is 4.05. The highest BCUT2D eigenvalue weighted by atomic mass is 19.4. The second-order valence-electron chi connectivity index (χ2n) is 3.75. The van der Waals surface area contributed by atoms with Crippen LogP contribution >= 0.6 is 0 Å². The number of benzene rings is 1. The van der Waals surface area contributed by atoms with Crippen LogP contribution in [-0.2, 0) is 11.3 Å². The summed E-state index contributed by atoms with van der Waals surface area (Å²) in [7, 11) is 0. The van der Waals surface area contributed by atoms with Gasteiger partial charge in [-0.25, -0.2) is 4.98 Å². The van der Waals surface area contributed by atoms with Gasteiger partial charge in [0.15, 0.2) is 5.58 Å². The van der Waals surface area contributed by atoms with Crippen LogP contribution in [0, 0.1) is 0 Å². The first kappa shape index (κ1) is 12.7. The minimum Gasteiger partial charge on any atom is -0.438 e. The summed E-state index contributed by atoms with van der Waals surface area (Å²) in [6, 6.07) is 4.93. The number of hydrogen-bond donors (Lipinski definition) is 1. The van der Waals surface area contributed by atoms with Gasteiger partial charge in [-0.1, -0.05) is 0 Å². The summed E-state index contributed by atoms with van der Waals surface area (Å²) in [5, 5.41) is 0. The lowest BCUT2D eigenvalue weighted by atomic mass is 10.3. The largest absolute Gasteiger partial charge is 0.438 e. The maximum atomic E-state index is 11.9. The third-order valence-corrected chi connectivity index (χ3v) is 2.21. The zero-order valence-corrected chi connectivity index (χ0v) is 9.33. The number of alkyl halides is 3. The molecule has 0 fully saturated rings. The van der Waals surface area contributed by atoms with Gasteiger partial charge in [0.25, 0.3) is 0 Å². The maximum Gasteiger partial charge on any atom is 0.391 e. The van der Waals surface area contributed by atoms with Crippen molar-refractivity contribution in [2.45, 2.75) is 19.2 Å². The first-order chi connectivity index (χ1) is 8.44. The molecule has 1 aromatic heterocycles. The van der Waals surface area contributed by atoms with Crippen LogP contribution in [0.3, 0.4) is 0 Å². The molecule has 0 atom stereocenters. The normalized spacial score (nSPS) is 12.2. The van der Waals surface area contributed by atoms with Gasteiger partial charge >= 0.3 is 6.18 Å². The van der Waals surface area contributed by atoms with E-state index in [2.05, 4.69) is 4.98 Å². The van der Waals surface area contributed by atoms with E-state index in [-0.39, 0.29) is 12.5 Å². The van der Waals surface area contributed by atoms with Gasteiger partial charge in [-0.2, -0.15) is 13.2 Å². The average Bonchev–Trinajstić information content (AvgIpc) is 2.65. The van der Waals surface area contributed by atoms with E-state index in [1.807, 2.05) is 0 Å². The Labute approximate surface area is 101 Å². The molecule has 1 heterocycles. The summed E-state index contributed by atoms with van der Waals surface area (Å²) in [6.07, 6.45) is -5.20. The Morgan fingerprint density at radius 3 is 2.83 bits per heavy atom. The van der Waals surface area contributed by atoms with E-state index in [0.29, 0.717) is 16.8 Å². The Bertz CT molecular complexity index is 537. The fraction of sp³-hybridized carbons (Fsp3) is 0.364. The van der Waals surface area contributed by atoms with Crippen molar-refractivity contribution in [3.8, 4) is 0 Å². The van der Waals surface area contributed by atoms with Gasteiger partial charge in [0.1, 0.15) is 12.1 Å². The molecule has 0 unspecified atom stereocenters. The fourth-order valence-electron chi connectivity index (χ4n) is 1.40. The molecule has 18 heavy (non-hydrogen) atoms. The third-order valence-electron chi connectivity index (χ3n) is 2.21. The van der Waals surface area contributed by atoms with E-state index in [1.54, 1.807) is 18.2 Å². The van der Waals surface area contributed by atoms with Crippen LogP contribution < -0.4 is 5.73 Å². The van der Waals surface area contributed by atoms with Gasteiger partial charge in [0.2, 0.25) is 5.89 Å². The first-order valence-electron chi connectivity index (χ1n) is 5.23. The fourth-order valence-corrected chi connectivity index (χ4v) is 1.40. The van der Waals surface area contributed by atoms with Crippen molar-refractivity contribution >= 4 is 16.8 Å². The van der Waals surface area contributed by atoms with Crippen LogP contribution in [0.25, 0.3) is 11.1 Å². The predicted octanol–water partition coefficient (Wildman–Crippen LogP) is 2.88. The number of aromatic nitrogens is 1. The van der Waals surface area contributed by atoms with Crippen LogP contribution in [0.1, 0.15) is 12.3 Å². The smallest absolute Gasteiger partial charge is 0.391 e. The molecule has 1 aromatic carbocycles. The molecular weight excluding hydrogens is 249 g/mol. The predicted molar refractivity (Wildman–Crippen MR) is 58.7 cm³/mol. The molecule has 7 heteroatoms. The van der Waals surface area contributed by atoms with Gasteiger partial charge in [-0.15, -0.1) is 0 Å². The molecule has 0 spiro atoms. The quantitative estimate of drug-likeness (QED) is 0.678. The van der Waals surface area contributed by atoms with E-state index in [1.165, 1.54) is 0 Å². The standard InChI is InChI=1S/C11H11F3N2O2/c12-11(13,14)3-4-17-6-10-16-8-5-7(15)1-2-9(8)18-10/h1-2,5H,3-4,6,15H2.